The standard InChI is InChI=1S/C17H24O3/c1-3-5-6-7-11-20-17-10-9-14(16(19)13-18)12-15(17)8-4-2/h4,9-10,12,18H,2-3,5-8,11,13H2,1H3. The van der Waals surface area contributed by atoms with Crippen LogP contribution in [0.3, 0.4) is 0 Å². The first-order chi connectivity index (χ1) is 9.72. The highest BCUT2D eigenvalue weighted by Crippen LogP contribution is 2.22. The number of carbonyl (C=O) groups excluding carboxylic acids is 1. The van der Waals surface area contributed by atoms with E-state index in [1.165, 1.54) is 19.3 Å². The number of aliphatic hydroxyl groups is 1. The van der Waals surface area contributed by atoms with E-state index < -0.39 is 6.61 Å². The maximum Gasteiger partial charge on any atom is 0.188 e. The van der Waals surface area contributed by atoms with E-state index in [-0.39, 0.29) is 5.78 Å². The van der Waals surface area contributed by atoms with Gasteiger partial charge in [-0.05, 0) is 36.6 Å². The Balaban J connectivity index is 2.69. The van der Waals surface area contributed by atoms with Crippen LogP contribution in [0.25, 0.3) is 0 Å². The minimum atomic E-state index is -0.468. The Bertz CT molecular complexity index is 438. The molecule has 0 aliphatic heterocycles. The Morgan fingerprint density at radius 3 is 2.80 bits per heavy atom. The quantitative estimate of drug-likeness (QED) is 0.404. The molecule has 0 spiro atoms. The highest BCUT2D eigenvalue weighted by Gasteiger charge is 2.09. The highest BCUT2D eigenvalue weighted by molar-refractivity contribution is 5.97. The Morgan fingerprint density at radius 2 is 2.15 bits per heavy atom. The van der Waals surface area contributed by atoms with Gasteiger partial charge >= 0.3 is 0 Å². The molecule has 3 nitrogen and oxygen atoms in total. The molecule has 0 fully saturated rings. The Hall–Kier alpha value is -1.61. The number of allylic oxidation sites excluding steroid dienone is 1. The SMILES string of the molecule is C=CCc1cc(C(=O)CO)ccc1OCCCCCC. The van der Waals surface area contributed by atoms with Crippen LogP contribution in [0.2, 0.25) is 0 Å². The molecule has 1 aromatic carbocycles. The first-order valence-corrected chi connectivity index (χ1v) is 7.23. The van der Waals surface area contributed by atoms with E-state index in [4.69, 9.17) is 9.84 Å². The summed E-state index contributed by atoms with van der Waals surface area (Å²) in [5.74, 6) is 0.528. The van der Waals surface area contributed by atoms with Gasteiger partial charge in [0.2, 0.25) is 0 Å². The fraction of sp³-hybridized carbons (Fsp3) is 0.471. The molecule has 0 aromatic heterocycles. The normalized spacial score (nSPS) is 10.3. The van der Waals surface area contributed by atoms with E-state index in [2.05, 4.69) is 13.5 Å². The summed E-state index contributed by atoms with van der Waals surface area (Å²) >= 11 is 0. The smallest absolute Gasteiger partial charge is 0.188 e. The molecule has 0 aliphatic rings. The monoisotopic (exact) mass is 276 g/mol. The number of ketones is 1. The van der Waals surface area contributed by atoms with Gasteiger partial charge in [0.15, 0.2) is 5.78 Å². The van der Waals surface area contributed by atoms with Crippen LogP contribution in [0.1, 0.15) is 48.5 Å². The zero-order valence-electron chi connectivity index (χ0n) is 12.2. The maximum absolute atomic E-state index is 11.5. The molecule has 0 unspecified atom stereocenters. The lowest BCUT2D eigenvalue weighted by Gasteiger charge is -2.12. The summed E-state index contributed by atoms with van der Waals surface area (Å²) in [5, 5.41) is 8.90. The van der Waals surface area contributed by atoms with Gasteiger partial charge in [-0.1, -0.05) is 32.3 Å². The van der Waals surface area contributed by atoms with Gasteiger partial charge in [0.1, 0.15) is 12.4 Å². The Morgan fingerprint density at radius 1 is 1.35 bits per heavy atom. The molecule has 0 saturated heterocycles. The van der Waals surface area contributed by atoms with Crippen molar-refractivity contribution in [1.82, 2.24) is 0 Å². The molecule has 110 valence electrons. The lowest BCUT2D eigenvalue weighted by Crippen LogP contribution is -2.06. The Labute approximate surface area is 121 Å². The molecule has 0 atom stereocenters. The molecule has 0 amide bonds. The second kappa shape index (κ2) is 9.32. The molecule has 0 saturated carbocycles. The molecule has 1 N–H and O–H groups in total. The van der Waals surface area contributed by atoms with E-state index in [9.17, 15) is 4.79 Å². The summed E-state index contributed by atoms with van der Waals surface area (Å²) in [6, 6.07) is 5.29. The predicted molar refractivity (Wildman–Crippen MR) is 81.4 cm³/mol. The zero-order chi connectivity index (χ0) is 14.8. The maximum atomic E-state index is 11.5. The third-order valence-electron chi connectivity index (χ3n) is 3.15. The summed E-state index contributed by atoms with van der Waals surface area (Å²) in [5.41, 5.74) is 1.46. The van der Waals surface area contributed by atoms with Crippen LogP contribution in [0.15, 0.2) is 30.9 Å². The van der Waals surface area contributed by atoms with Gasteiger partial charge in [0.25, 0.3) is 0 Å². The minimum Gasteiger partial charge on any atom is -0.493 e. The average molecular weight is 276 g/mol. The third-order valence-corrected chi connectivity index (χ3v) is 3.15. The van der Waals surface area contributed by atoms with Crippen molar-refractivity contribution < 1.29 is 14.6 Å². The van der Waals surface area contributed by atoms with Gasteiger partial charge < -0.3 is 9.84 Å². The summed E-state index contributed by atoms with van der Waals surface area (Å²) in [7, 11) is 0. The van der Waals surface area contributed by atoms with Crippen molar-refractivity contribution in [3.8, 4) is 5.75 Å². The van der Waals surface area contributed by atoms with Gasteiger partial charge in [-0.3, -0.25) is 4.79 Å². The van der Waals surface area contributed by atoms with Crippen molar-refractivity contribution in [3.63, 3.8) is 0 Å². The second-order valence-corrected chi connectivity index (χ2v) is 4.81. The van der Waals surface area contributed by atoms with Crippen molar-refractivity contribution >= 4 is 5.78 Å². The van der Waals surface area contributed by atoms with Crippen LogP contribution < -0.4 is 4.74 Å². The molecule has 1 aromatic rings. The average Bonchev–Trinajstić information content (AvgIpc) is 2.47. The van der Waals surface area contributed by atoms with E-state index in [1.807, 2.05) is 6.07 Å². The topological polar surface area (TPSA) is 46.5 Å². The summed E-state index contributed by atoms with van der Waals surface area (Å²) in [4.78, 5) is 11.5. The number of hydrogen-bond acceptors (Lipinski definition) is 3. The van der Waals surface area contributed by atoms with Gasteiger partial charge in [-0.15, -0.1) is 6.58 Å². The van der Waals surface area contributed by atoms with Crippen molar-refractivity contribution in [2.45, 2.75) is 39.0 Å². The van der Waals surface area contributed by atoms with E-state index in [0.717, 1.165) is 17.7 Å². The number of benzene rings is 1. The summed E-state index contributed by atoms with van der Waals surface area (Å²) in [6.45, 7) is 6.13. The molecule has 0 heterocycles. The van der Waals surface area contributed by atoms with Crippen LogP contribution in [0, 0.1) is 0 Å². The molecule has 0 radical (unpaired) electrons. The fourth-order valence-corrected chi connectivity index (χ4v) is 2.01. The van der Waals surface area contributed by atoms with E-state index in [1.54, 1.807) is 18.2 Å². The summed E-state index contributed by atoms with van der Waals surface area (Å²) in [6.07, 6.45) is 7.09. The largest absolute Gasteiger partial charge is 0.493 e. The number of hydrogen-bond donors (Lipinski definition) is 1. The Kier molecular flexibility index (Phi) is 7.66. The van der Waals surface area contributed by atoms with Crippen LogP contribution >= 0.6 is 0 Å². The van der Waals surface area contributed by atoms with Gasteiger partial charge in [-0.2, -0.15) is 0 Å². The van der Waals surface area contributed by atoms with E-state index in [0.29, 0.717) is 18.6 Å². The molecular formula is C17H24O3. The van der Waals surface area contributed by atoms with Crippen molar-refractivity contribution in [2.75, 3.05) is 13.2 Å². The predicted octanol–water partition coefficient (Wildman–Crippen LogP) is 3.55. The summed E-state index contributed by atoms with van der Waals surface area (Å²) < 4.78 is 5.78. The number of rotatable bonds is 10. The number of unbranched alkanes of at least 4 members (excludes halogenated alkanes) is 3. The van der Waals surface area contributed by atoms with Crippen LogP contribution in [-0.4, -0.2) is 24.1 Å². The van der Waals surface area contributed by atoms with Crippen molar-refractivity contribution in [3.05, 3.63) is 42.0 Å². The van der Waals surface area contributed by atoms with Gasteiger partial charge in [-0.25, -0.2) is 0 Å². The first kappa shape index (κ1) is 16.4. The molecule has 0 aliphatic carbocycles. The van der Waals surface area contributed by atoms with Crippen LogP contribution in [0.5, 0.6) is 5.75 Å². The van der Waals surface area contributed by atoms with Gasteiger partial charge in [0.05, 0.1) is 6.61 Å². The molecular weight excluding hydrogens is 252 g/mol. The molecule has 0 bridgehead atoms. The zero-order valence-corrected chi connectivity index (χ0v) is 12.2. The highest BCUT2D eigenvalue weighted by atomic mass is 16.5. The van der Waals surface area contributed by atoms with Crippen LogP contribution in [-0.2, 0) is 6.42 Å². The number of carbonyl (C=O) groups is 1. The van der Waals surface area contributed by atoms with E-state index >= 15 is 0 Å². The first-order valence-electron chi connectivity index (χ1n) is 7.23. The number of aliphatic hydroxyl groups excluding tert-OH is 1. The lowest BCUT2D eigenvalue weighted by molar-refractivity contribution is 0.0903. The van der Waals surface area contributed by atoms with Crippen LogP contribution in [0.4, 0.5) is 0 Å². The molecule has 3 heteroatoms. The lowest BCUT2D eigenvalue weighted by atomic mass is 10.0. The fourth-order valence-electron chi connectivity index (χ4n) is 2.01. The second-order valence-electron chi connectivity index (χ2n) is 4.81. The molecule has 20 heavy (non-hydrogen) atoms. The minimum absolute atomic E-state index is 0.273. The number of Topliss-reactive ketones (excluding diaryl/α,β-unsaturated/α-hetero) is 1. The van der Waals surface area contributed by atoms with Crippen molar-refractivity contribution in [2.24, 2.45) is 0 Å². The van der Waals surface area contributed by atoms with Gasteiger partial charge in [0, 0.05) is 5.56 Å². The molecule has 1 rings (SSSR count). The van der Waals surface area contributed by atoms with Crippen molar-refractivity contribution in [1.29, 1.82) is 0 Å². The number of ether oxygens (including phenoxy) is 1. The third kappa shape index (κ3) is 5.17.